The van der Waals surface area contributed by atoms with Crippen LogP contribution in [0.1, 0.15) is 78.6 Å². The van der Waals surface area contributed by atoms with Crippen molar-refractivity contribution in [3.63, 3.8) is 0 Å². The molecule has 0 radical (unpaired) electrons. The Morgan fingerprint density at radius 3 is 1.83 bits per heavy atom. The Morgan fingerprint density at radius 1 is 0.833 bits per heavy atom. The third-order valence-corrected chi connectivity index (χ3v) is 9.41. The van der Waals surface area contributed by atoms with E-state index in [1.807, 2.05) is 0 Å². The van der Waals surface area contributed by atoms with E-state index in [1.165, 1.54) is 27.1 Å². The van der Waals surface area contributed by atoms with Gasteiger partial charge in [0.1, 0.15) is 0 Å². The second kappa shape index (κ2) is 7.50. The van der Waals surface area contributed by atoms with Gasteiger partial charge in [-0.2, -0.15) is 0 Å². The van der Waals surface area contributed by atoms with Gasteiger partial charge in [-0.25, -0.2) is 0 Å². The van der Waals surface area contributed by atoms with Gasteiger partial charge in [-0.05, 0) is 0 Å². The van der Waals surface area contributed by atoms with Crippen LogP contribution in [-0.4, -0.2) is 7.85 Å². The first kappa shape index (κ1) is 15.1. The van der Waals surface area contributed by atoms with Crippen molar-refractivity contribution in [3.05, 3.63) is 0 Å². The van der Waals surface area contributed by atoms with Crippen molar-refractivity contribution in [1.82, 2.24) is 0 Å². The first-order valence-corrected chi connectivity index (χ1v) is 10.7. The molecule has 0 atom stereocenters. The molecule has 0 aromatic heterocycles. The molecule has 108 valence electrons. The molecule has 0 bridgehead atoms. The quantitative estimate of drug-likeness (QED) is 0.531. The first-order chi connectivity index (χ1) is 8.63. The summed E-state index contributed by atoms with van der Waals surface area (Å²) >= 11 is 0.523. The predicted octanol–water partition coefficient (Wildman–Crippen LogP) is 2.26. The third kappa shape index (κ3) is 5.02. The molecule has 2 fully saturated rings. The molecule has 0 unspecified atom stereocenters. The number of hydrogen-bond donors (Lipinski definition) is 0. The van der Waals surface area contributed by atoms with Crippen LogP contribution in [0.3, 0.4) is 0 Å². The Morgan fingerprint density at radius 2 is 1.33 bits per heavy atom. The van der Waals surface area contributed by atoms with Gasteiger partial charge in [0.05, 0.1) is 0 Å². The number of halogens is 1. The summed E-state index contributed by atoms with van der Waals surface area (Å²) in [6, 6.07) is 0. The van der Waals surface area contributed by atoms with Crippen LogP contribution >= 0.6 is 0 Å². The summed E-state index contributed by atoms with van der Waals surface area (Å²) in [7, 11) is 0. The fourth-order valence-corrected chi connectivity index (χ4v) is 8.06. The zero-order chi connectivity index (χ0) is 13.0. The molecule has 2 rings (SSSR count). The summed E-state index contributed by atoms with van der Waals surface area (Å²) in [5.74, 6) is 3.03. The fraction of sp³-hybridized carbons (Fsp3) is 1.00. The molecule has 0 aliphatic heterocycles. The Kier molecular flexibility index (Phi) is 6.30. The number of alkyl halides is 2. The van der Waals surface area contributed by atoms with E-state index >= 15 is 0 Å². The number of rotatable bonds is 4. The molecule has 2 aliphatic carbocycles. The molecule has 2 aliphatic rings. The minimum atomic E-state index is 0.523. The molecule has 0 heterocycles. The molecule has 0 nitrogen and oxygen atoms in total. The molecule has 0 amide bonds. The Labute approximate surface area is 125 Å². The molecule has 18 heavy (non-hydrogen) atoms. The SMILES string of the molecule is CC(C)CC1CCC([I-]C2CCC(C)CC2)CC1. The van der Waals surface area contributed by atoms with Crippen molar-refractivity contribution in [2.24, 2.45) is 17.8 Å². The molecule has 2 saturated carbocycles. The molecule has 1 heteroatoms. The van der Waals surface area contributed by atoms with Gasteiger partial charge >= 0.3 is 125 Å². The van der Waals surface area contributed by atoms with E-state index in [2.05, 4.69) is 20.8 Å². The zero-order valence-electron chi connectivity index (χ0n) is 12.6. The van der Waals surface area contributed by atoms with E-state index in [0.29, 0.717) is 21.2 Å². The Balaban J connectivity index is 1.64. The maximum atomic E-state index is 2.45. The summed E-state index contributed by atoms with van der Waals surface area (Å²) in [5, 5.41) is 0. The summed E-state index contributed by atoms with van der Waals surface area (Å²) in [6.45, 7) is 7.23. The average molecular weight is 363 g/mol. The second-order valence-electron chi connectivity index (χ2n) is 7.23. The van der Waals surface area contributed by atoms with Gasteiger partial charge in [-0.15, -0.1) is 0 Å². The normalized spacial score (nSPS) is 38.2. The van der Waals surface area contributed by atoms with Crippen molar-refractivity contribution in [2.75, 3.05) is 0 Å². The van der Waals surface area contributed by atoms with Gasteiger partial charge in [-0.3, -0.25) is 0 Å². The maximum absolute atomic E-state index is 2.45. The molecule has 0 N–H and O–H groups in total. The van der Waals surface area contributed by atoms with Crippen molar-refractivity contribution in [2.45, 2.75) is 86.4 Å². The molecule has 0 aromatic rings. The van der Waals surface area contributed by atoms with Crippen LogP contribution in [0.5, 0.6) is 0 Å². The Bertz CT molecular complexity index is 220. The topological polar surface area (TPSA) is 0 Å². The van der Waals surface area contributed by atoms with Crippen LogP contribution in [0, 0.1) is 17.8 Å². The van der Waals surface area contributed by atoms with E-state index in [4.69, 9.17) is 0 Å². The van der Waals surface area contributed by atoms with E-state index < -0.39 is 0 Å². The van der Waals surface area contributed by atoms with Crippen molar-refractivity contribution in [3.8, 4) is 0 Å². The van der Waals surface area contributed by atoms with Crippen LogP contribution in [0.25, 0.3) is 0 Å². The fourth-order valence-electron chi connectivity index (χ4n) is 3.75. The summed E-state index contributed by atoms with van der Waals surface area (Å²) in [5.41, 5.74) is 0. The van der Waals surface area contributed by atoms with Crippen molar-refractivity contribution in [1.29, 1.82) is 0 Å². The van der Waals surface area contributed by atoms with E-state index in [1.54, 1.807) is 38.5 Å². The van der Waals surface area contributed by atoms with Gasteiger partial charge < -0.3 is 0 Å². The molecule has 0 spiro atoms. The molecular weight excluding hydrogens is 331 g/mol. The van der Waals surface area contributed by atoms with Gasteiger partial charge in [0, 0.05) is 0 Å². The van der Waals surface area contributed by atoms with E-state index in [0.717, 1.165) is 17.8 Å². The molecular formula is C17H32I-. The van der Waals surface area contributed by atoms with Gasteiger partial charge in [0.25, 0.3) is 0 Å². The van der Waals surface area contributed by atoms with Gasteiger partial charge in [0.15, 0.2) is 0 Å². The first-order valence-electron chi connectivity index (χ1n) is 8.25. The van der Waals surface area contributed by atoms with Crippen LogP contribution in [-0.2, 0) is 0 Å². The molecule has 0 saturated heterocycles. The summed E-state index contributed by atoms with van der Waals surface area (Å²) in [4.78, 5) is 0. The predicted molar refractivity (Wildman–Crippen MR) is 76.6 cm³/mol. The van der Waals surface area contributed by atoms with Gasteiger partial charge in [-0.1, -0.05) is 0 Å². The van der Waals surface area contributed by atoms with E-state index in [-0.39, 0.29) is 0 Å². The van der Waals surface area contributed by atoms with Crippen LogP contribution in [0.15, 0.2) is 0 Å². The Hall–Kier alpha value is 0.730. The summed E-state index contributed by atoms with van der Waals surface area (Å²) < 4.78 is 2.40. The zero-order valence-corrected chi connectivity index (χ0v) is 14.8. The van der Waals surface area contributed by atoms with Crippen molar-refractivity contribution >= 4 is 0 Å². The summed E-state index contributed by atoms with van der Waals surface area (Å²) in [6.07, 6.45) is 14.0. The molecule has 0 aromatic carbocycles. The second-order valence-corrected chi connectivity index (χ2v) is 11.5. The average Bonchev–Trinajstić information content (AvgIpc) is 2.34. The monoisotopic (exact) mass is 363 g/mol. The van der Waals surface area contributed by atoms with Gasteiger partial charge in [0.2, 0.25) is 0 Å². The third-order valence-electron chi connectivity index (χ3n) is 4.88. The minimum absolute atomic E-state index is 0.523. The van der Waals surface area contributed by atoms with Crippen molar-refractivity contribution < 1.29 is 21.2 Å². The van der Waals surface area contributed by atoms with Crippen LogP contribution < -0.4 is 21.2 Å². The standard InChI is InChI=1S/C17H32I/c1-13(2)12-15-6-10-17(11-7-15)18-16-8-4-14(3)5-9-16/h13-17H,4-12H2,1-3H3/q-1. The van der Waals surface area contributed by atoms with Crippen LogP contribution in [0.2, 0.25) is 0 Å². The number of hydrogen-bond acceptors (Lipinski definition) is 0. The van der Waals surface area contributed by atoms with Crippen LogP contribution in [0.4, 0.5) is 0 Å². The van der Waals surface area contributed by atoms with E-state index in [9.17, 15) is 0 Å².